The van der Waals surface area contributed by atoms with Crippen LogP contribution in [0.15, 0.2) is 54.6 Å². The van der Waals surface area contributed by atoms with Crippen LogP contribution in [0.2, 0.25) is 0 Å². The Morgan fingerprint density at radius 3 is 2.56 bits per heavy atom. The van der Waals surface area contributed by atoms with Crippen molar-refractivity contribution < 1.29 is 14.7 Å². The summed E-state index contributed by atoms with van der Waals surface area (Å²) in [6.45, 7) is 10.7. The lowest BCUT2D eigenvalue weighted by Crippen LogP contribution is -2.58. The molecule has 1 saturated heterocycles. The predicted octanol–water partition coefficient (Wildman–Crippen LogP) is 4.48. The number of amides is 1. The van der Waals surface area contributed by atoms with Gasteiger partial charge >= 0.3 is 0 Å². The molecule has 0 aromatic heterocycles. The van der Waals surface area contributed by atoms with E-state index >= 15 is 0 Å². The van der Waals surface area contributed by atoms with E-state index in [1.54, 1.807) is 0 Å². The Labute approximate surface area is 192 Å². The SMILES string of the molecule is C=C1[C@@H](C)[C@H]2[C@H](Cc3ccccc3)NC(=O)[C@@]23C(=O)CC[C@H](C)CC(C)C/C=C/[C@H]3[C@@H]1O. The maximum Gasteiger partial charge on any atom is 0.235 e. The molecule has 2 N–H and O–H groups in total. The number of carbonyl (C=O) groups is 2. The molecule has 3 aliphatic rings. The molecule has 1 aromatic carbocycles. The van der Waals surface area contributed by atoms with Crippen molar-refractivity contribution in [1.82, 2.24) is 5.32 Å². The predicted molar refractivity (Wildman–Crippen MR) is 127 cm³/mol. The molecule has 2 aliphatic carbocycles. The Hall–Kier alpha value is -2.20. The quantitative estimate of drug-likeness (QED) is 0.532. The molecule has 4 rings (SSSR count). The van der Waals surface area contributed by atoms with Gasteiger partial charge in [0, 0.05) is 24.3 Å². The summed E-state index contributed by atoms with van der Waals surface area (Å²) >= 11 is 0. The van der Waals surface area contributed by atoms with Crippen LogP contribution in [0.4, 0.5) is 0 Å². The van der Waals surface area contributed by atoms with Gasteiger partial charge in [-0.05, 0) is 54.6 Å². The Balaban J connectivity index is 1.81. The summed E-state index contributed by atoms with van der Waals surface area (Å²) < 4.78 is 0. The highest BCUT2D eigenvalue weighted by molar-refractivity contribution is 6.09. The number of hydrogen-bond donors (Lipinski definition) is 2. The molecule has 0 radical (unpaired) electrons. The van der Waals surface area contributed by atoms with Gasteiger partial charge in [-0.3, -0.25) is 9.59 Å². The fourth-order valence-corrected chi connectivity index (χ4v) is 6.69. The fraction of sp³-hybridized carbons (Fsp3) is 0.571. The lowest BCUT2D eigenvalue weighted by Gasteiger charge is -2.49. The monoisotopic (exact) mass is 435 g/mol. The Morgan fingerprint density at radius 1 is 1.12 bits per heavy atom. The molecular weight excluding hydrogens is 398 g/mol. The van der Waals surface area contributed by atoms with Crippen molar-refractivity contribution in [1.29, 1.82) is 0 Å². The van der Waals surface area contributed by atoms with E-state index < -0.39 is 17.4 Å². The molecule has 4 nitrogen and oxygen atoms in total. The molecule has 1 spiro atoms. The first-order valence-corrected chi connectivity index (χ1v) is 12.2. The minimum absolute atomic E-state index is 0.00925. The van der Waals surface area contributed by atoms with E-state index in [-0.39, 0.29) is 29.6 Å². The van der Waals surface area contributed by atoms with Gasteiger partial charge in [-0.1, -0.05) is 69.8 Å². The van der Waals surface area contributed by atoms with Crippen LogP contribution in [0.1, 0.15) is 52.0 Å². The van der Waals surface area contributed by atoms with Crippen molar-refractivity contribution in [3.63, 3.8) is 0 Å². The molecule has 2 fully saturated rings. The topological polar surface area (TPSA) is 66.4 Å². The number of carbonyl (C=O) groups excluding carboxylic acids is 2. The van der Waals surface area contributed by atoms with Gasteiger partial charge in [-0.2, -0.15) is 0 Å². The highest BCUT2D eigenvalue weighted by Crippen LogP contribution is 2.57. The number of aliphatic hydroxyl groups excluding tert-OH is 1. The summed E-state index contributed by atoms with van der Waals surface area (Å²) in [7, 11) is 0. The zero-order valence-electron chi connectivity index (χ0n) is 19.6. The number of aliphatic hydroxyl groups is 1. The average Bonchev–Trinajstić information content (AvgIpc) is 3.04. The lowest BCUT2D eigenvalue weighted by atomic mass is 9.51. The van der Waals surface area contributed by atoms with Gasteiger partial charge in [0.15, 0.2) is 0 Å². The zero-order valence-corrected chi connectivity index (χ0v) is 19.6. The van der Waals surface area contributed by atoms with Crippen molar-refractivity contribution in [3.05, 3.63) is 60.2 Å². The maximum atomic E-state index is 14.0. The van der Waals surface area contributed by atoms with Crippen molar-refractivity contribution in [2.24, 2.45) is 35.0 Å². The smallest absolute Gasteiger partial charge is 0.235 e. The summed E-state index contributed by atoms with van der Waals surface area (Å²) in [5.41, 5.74) is 0.639. The highest BCUT2D eigenvalue weighted by atomic mass is 16.3. The maximum absolute atomic E-state index is 14.0. The Morgan fingerprint density at radius 2 is 1.84 bits per heavy atom. The fourth-order valence-electron chi connectivity index (χ4n) is 6.69. The van der Waals surface area contributed by atoms with E-state index in [0.717, 1.165) is 30.4 Å². The van der Waals surface area contributed by atoms with Crippen LogP contribution >= 0.6 is 0 Å². The zero-order chi connectivity index (χ0) is 23.0. The molecule has 32 heavy (non-hydrogen) atoms. The first-order chi connectivity index (χ1) is 15.3. The average molecular weight is 436 g/mol. The standard InChI is InChI=1S/C28H37NO3/c1-17-9-8-12-22-26(31)20(4)19(3)25-23(16-21-10-6-5-7-11-21)29-27(32)28(22,25)24(30)14-13-18(2)15-17/h5-8,10-12,17-19,22-23,25-26,31H,4,9,13-16H2,1-3H3,(H,29,32)/b12-8+/t17?,18-,19+,22-,23-,25-,26+,28-/m0/s1. The van der Waals surface area contributed by atoms with E-state index in [4.69, 9.17) is 0 Å². The lowest BCUT2D eigenvalue weighted by molar-refractivity contribution is -0.151. The molecule has 4 heteroatoms. The third kappa shape index (κ3) is 3.77. The van der Waals surface area contributed by atoms with Crippen molar-refractivity contribution >= 4 is 11.7 Å². The highest BCUT2D eigenvalue weighted by Gasteiger charge is 2.68. The number of hydrogen-bond acceptors (Lipinski definition) is 3. The Bertz CT molecular complexity index is 907. The third-order valence-electron chi connectivity index (χ3n) is 8.33. The molecule has 1 aliphatic heterocycles. The molecule has 1 saturated carbocycles. The second-order valence-electron chi connectivity index (χ2n) is 10.6. The van der Waals surface area contributed by atoms with Gasteiger partial charge in [0.25, 0.3) is 0 Å². The first-order valence-electron chi connectivity index (χ1n) is 12.2. The van der Waals surface area contributed by atoms with Gasteiger partial charge in [-0.25, -0.2) is 0 Å². The van der Waals surface area contributed by atoms with E-state index in [0.29, 0.717) is 24.7 Å². The van der Waals surface area contributed by atoms with Crippen molar-refractivity contribution in [2.45, 2.75) is 65.0 Å². The number of ketones is 1. The van der Waals surface area contributed by atoms with Crippen LogP contribution in [-0.2, 0) is 16.0 Å². The number of benzene rings is 1. The first kappa shape index (κ1) is 23.0. The summed E-state index contributed by atoms with van der Waals surface area (Å²) in [4.78, 5) is 27.7. The number of Topliss-reactive ketones (excluding diaryl/α,β-unsaturated/α-hetero) is 1. The molecule has 1 aromatic rings. The molecule has 172 valence electrons. The van der Waals surface area contributed by atoms with Crippen molar-refractivity contribution in [3.8, 4) is 0 Å². The summed E-state index contributed by atoms with van der Waals surface area (Å²) in [6.07, 6.45) is 6.94. The molecule has 1 heterocycles. The van der Waals surface area contributed by atoms with Gasteiger partial charge in [0.2, 0.25) is 5.91 Å². The molecule has 8 atom stereocenters. The van der Waals surface area contributed by atoms with E-state index in [1.807, 2.05) is 31.2 Å². The number of rotatable bonds is 2. The Kier molecular flexibility index (Phi) is 6.44. The van der Waals surface area contributed by atoms with Crippen LogP contribution in [-0.4, -0.2) is 28.9 Å². The normalized spacial score (nSPS) is 41.2. The van der Waals surface area contributed by atoms with Gasteiger partial charge in [0.1, 0.15) is 11.2 Å². The van der Waals surface area contributed by atoms with Crippen LogP contribution in [0, 0.1) is 35.0 Å². The van der Waals surface area contributed by atoms with Gasteiger partial charge < -0.3 is 10.4 Å². The third-order valence-corrected chi connectivity index (χ3v) is 8.33. The van der Waals surface area contributed by atoms with Crippen LogP contribution in [0.5, 0.6) is 0 Å². The minimum Gasteiger partial charge on any atom is -0.388 e. The molecule has 0 bridgehead atoms. The number of allylic oxidation sites excluding steroid dienone is 1. The molecular formula is C28H37NO3. The molecule has 1 unspecified atom stereocenters. The second kappa shape index (κ2) is 8.97. The van der Waals surface area contributed by atoms with E-state index in [2.05, 4.69) is 44.0 Å². The minimum atomic E-state index is -1.23. The van der Waals surface area contributed by atoms with Gasteiger partial charge in [-0.15, -0.1) is 0 Å². The summed E-state index contributed by atoms with van der Waals surface area (Å²) in [5.74, 6) is -0.197. The van der Waals surface area contributed by atoms with Crippen molar-refractivity contribution in [2.75, 3.05) is 0 Å². The number of nitrogens with one attached hydrogen (secondary N) is 1. The largest absolute Gasteiger partial charge is 0.388 e. The van der Waals surface area contributed by atoms with Crippen LogP contribution < -0.4 is 5.32 Å². The van der Waals surface area contributed by atoms with E-state index in [9.17, 15) is 14.7 Å². The summed E-state index contributed by atoms with van der Waals surface area (Å²) in [6, 6.07) is 9.95. The van der Waals surface area contributed by atoms with E-state index in [1.165, 1.54) is 0 Å². The summed E-state index contributed by atoms with van der Waals surface area (Å²) in [5, 5.41) is 14.5. The second-order valence-corrected chi connectivity index (χ2v) is 10.6. The van der Waals surface area contributed by atoms with Crippen LogP contribution in [0.3, 0.4) is 0 Å². The van der Waals surface area contributed by atoms with Gasteiger partial charge in [0.05, 0.1) is 6.10 Å². The van der Waals surface area contributed by atoms with Crippen LogP contribution in [0.25, 0.3) is 0 Å². The molecule has 1 amide bonds.